The van der Waals surface area contributed by atoms with Gasteiger partial charge in [-0.25, -0.2) is 4.79 Å². The van der Waals surface area contributed by atoms with Crippen LogP contribution in [0.2, 0.25) is 43.8 Å². The lowest BCUT2D eigenvalue weighted by Gasteiger charge is -2.49. The summed E-state index contributed by atoms with van der Waals surface area (Å²) in [7, 11) is -3.21. The van der Waals surface area contributed by atoms with Crippen LogP contribution in [-0.2, 0) is 23.4 Å². The number of aliphatic hydroxyl groups excluding tert-OH is 1. The summed E-state index contributed by atoms with van der Waals surface area (Å²) >= 11 is 0. The molecule has 1 spiro atoms. The van der Waals surface area contributed by atoms with E-state index in [4.69, 9.17) is 18.6 Å². The van der Waals surface area contributed by atoms with Crippen LogP contribution in [-0.4, -0.2) is 64.8 Å². The first-order chi connectivity index (χ1) is 21.2. The Labute approximate surface area is 284 Å². The van der Waals surface area contributed by atoms with Crippen LogP contribution < -0.4 is 0 Å². The van der Waals surface area contributed by atoms with E-state index in [1.54, 1.807) is 6.08 Å². The molecule has 0 saturated carbocycles. The molecule has 2 fully saturated rings. The number of rotatable bonds is 14. The van der Waals surface area contributed by atoms with E-state index in [2.05, 4.69) is 98.6 Å². The zero-order valence-corrected chi connectivity index (χ0v) is 33.6. The Bertz CT molecular complexity index is 1090. The molecule has 2 aliphatic heterocycles. The third-order valence-electron chi connectivity index (χ3n) is 10.2. The van der Waals surface area contributed by atoms with Crippen molar-refractivity contribution >= 4 is 22.4 Å². The standard InChI is InChI=1S/C38H68O6Si2/c1-28(15-19-35(32(5)27-39)44-46(12,13)37(6,7)8)14-17-33-30(3)20-22-38(42-33)23-21-31(4)34(43-38)18-16-29(2)26-36(40)41-24-25-45(9,10)11/h14-16,18-19,26,30-35,39H,17,20-25,27H2,1-13H3/b18-16+,19-15+,28-14+,29-26+/t30-,31+,32-,33+,34+,35-,38-/m0/s1. The largest absolute Gasteiger partial charge is 0.463 e. The first-order valence-corrected chi connectivity index (χ1v) is 24.3. The summed E-state index contributed by atoms with van der Waals surface area (Å²) < 4.78 is 25.7. The third-order valence-corrected chi connectivity index (χ3v) is 16.3. The lowest BCUT2D eigenvalue weighted by Crippen LogP contribution is -2.51. The van der Waals surface area contributed by atoms with Crippen LogP contribution in [0.5, 0.6) is 0 Å². The quantitative estimate of drug-likeness (QED) is 0.0855. The first kappa shape index (κ1) is 40.9. The normalized spacial score (nSPS) is 28.7. The predicted octanol–water partition coefficient (Wildman–Crippen LogP) is 9.61. The minimum atomic E-state index is -1.98. The Morgan fingerprint density at radius 3 is 2.22 bits per heavy atom. The summed E-state index contributed by atoms with van der Waals surface area (Å²) in [6.07, 6.45) is 16.8. The van der Waals surface area contributed by atoms with Gasteiger partial charge in [0.25, 0.3) is 0 Å². The molecule has 6 nitrogen and oxygen atoms in total. The summed E-state index contributed by atoms with van der Waals surface area (Å²) in [4.78, 5) is 12.3. The maximum Gasteiger partial charge on any atom is 0.330 e. The SMILES string of the molecule is CC(/C=C/[C@H](O[Si](C)(C)C(C)(C)C)[C@@H](C)CO)=C\C[C@H]1O[C@@]2(CC[C@@H](C)[C@@H](/C=C/C(C)=C/C(=O)OCC[Si](C)(C)C)O2)CC[C@@H]1C. The number of carbonyl (C=O) groups is 1. The van der Waals surface area contributed by atoms with Crippen LogP contribution >= 0.6 is 0 Å². The van der Waals surface area contributed by atoms with Gasteiger partial charge in [0.2, 0.25) is 0 Å². The Balaban J connectivity index is 2.05. The maximum atomic E-state index is 12.3. The average Bonchev–Trinajstić information content (AvgIpc) is 2.94. The Hall–Kier alpha value is -1.30. The zero-order valence-electron chi connectivity index (χ0n) is 31.6. The van der Waals surface area contributed by atoms with E-state index in [1.165, 1.54) is 5.57 Å². The molecular formula is C38H68O6Si2. The van der Waals surface area contributed by atoms with Crippen molar-refractivity contribution in [1.82, 2.24) is 0 Å². The highest BCUT2D eigenvalue weighted by Gasteiger charge is 2.46. The van der Waals surface area contributed by atoms with Crippen molar-refractivity contribution in [2.45, 2.75) is 155 Å². The van der Waals surface area contributed by atoms with Crippen molar-refractivity contribution in [1.29, 1.82) is 0 Å². The van der Waals surface area contributed by atoms with Gasteiger partial charge in [-0.15, -0.1) is 0 Å². The number of hydrogen-bond acceptors (Lipinski definition) is 6. The Morgan fingerprint density at radius 2 is 1.63 bits per heavy atom. The van der Waals surface area contributed by atoms with Crippen LogP contribution in [0, 0.1) is 17.8 Å². The molecule has 0 aromatic heterocycles. The number of ether oxygens (including phenoxy) is 3. The topological polar surface area (TPSA) is 74.2 Å². The smallest absolute Gasteiger partial charge is 0.330 e. The minimum absolute atomic E-state index is 0.0282. The van der Waals surface area contributed by atoms with Crippen LogP contribution in [0.3, 0.4) is 0 Å². The van der Waals surface area contributed by atoms with Crippen molar-refractivity contribution in [2.24, 2.45) is 17.8 Å². The molecule has 2 rings (SSSR count). The summed E-state index contributed by atoms with van der Waals surface area (Å²) in [6, 6.07) is 0.972. The highest BCUT2D eigenvalue weighted by molar-refractivity contribution is 6.76. The molecule has 0 radical (unpaired) electrons. The lowest BCUT2D eigenvalue weighted by molar-refractivity contribution is -0.323. The summed E-state index contributed by atoms with van der Waals surface area (Å²) in [5.74, 6) is -0.00343. The van der Waals surface area contributed by atoms with Gasteiger partial charge in [-0.05, 0) is 74.7 Å². The second-order valence-electron chi connectivity index (χ2n) is 17.0. The number of hydrogen-bond donors (Lipinski definition) is 1. The molecular weight excluding hydrogens is 609 g/mol. The molecule has 264 valence electrons. The van der Waals surface area contributed by atoms with E-state index >= 15 is 0 Å². The highest BCUT2D eigenvalue weighted by Crippen LogP contribution is 2.44. The summed E-state index contributed by atoms with van der Waals surface area (Å²) in [5.41, 5.74) is 2.04. The van der Waals surface area contributed by atoms with Gasteiger partial charge in [0.1, 0.15) is 0 Å². The minimum Gasteiger partial charge on any atom is -0.463 e. The van der Waals surface area contributed by atoms with E-state index in [0.29, 0.717) is 18.4 Å². The molecule has 0 bridgehead atoms. The number of aliphatic hydroxyl groups is 1. The summed E-state index contributed by atoms with van der Waals surface area (Å²) in [5, 5.41) is 10.0. The summed E-state index contributed by atoms with van der Waals surface area (Å²) in [6.45, 7) is 29.3. The molecule has 2 heterocycles. The van der Waals surface area contributed by atoms with Crippen molar-refractivity contribution in [3.63, 3.8) is 0 Å². The fraction of sp³-hybridized carbons (Fsp3) is 0.763. The highest BCUT2D eigenvalue weighted by atomic mass is 28.4. The van der Waals surface area contributed by atoms with Gasteiger partial charge in [0.05, 0.1) is 24.9 Å². The molecule has 1 N–H and O–H groups in total. The molecule has 8 heteroatoms. The molecule has 0 amide bonds. The van der Waals surface area contributed by atoms with Gasteiger partial charge in [-0.3, -0.25) is 0 Å². The molecule has 7 atom stereocenters. The fourth-order valence-corrected chi connectivity index (χ4v) is 7.52. The monoisotopic (exact) mass is 676 g/mol. The van der Waals surface area contributed by atoms with Crippen molar-refractivity contribution < 1.29 is 28.5 Å². The Morgan fingerprint density at radius 1 is 1.00 bits per heavy atom. The van der Waals surface area contributed by atoms with E-state index in [0.717, 1.165) is 43.7 Å². The fourth-order valence-electron chi connectivity index (χ4n) is 5.46. The van der Waals surface area contributed by atoms with E-state index < -0.39 is 22.2 Å². The maximum absolute atomic E-state index is 12.3. The van der Waals surface area contributed by atoms with Crippen LogP contribution in [0.1, 0.15) is 87.5 Å². The molecule has 46 heavy (non-hydrogen) atoms. The molecule has 2 aliphatic rings. The third kappa shape index (κ3) is 13.3. The van der Waals surface area contributed by atoms with E-state index in [1.807, 2.05) is 19.9 Å². The second kappa shape index (κ2) is 17.4. The zero-order chi connectivity index (χ0) is 34.9. The van der Waals surface area contributed by atoms with Crippen LogP contribution in [0.15, 0.2) is 47.6 Å². The number of esters is 1. The first-order valence-electron chi connectivity index (χ1n) is 17.7. The van der Waals surface area contributed by atoms with Gasteiger partial charge in [0, 0.05) is 39.5 Å². The van der Waals surface area contributed by atoms with Crippen molar-refractivity contribution in [3.8, 4) is 0 Å². The van der Waals surface area contributed by atoms with Gasteiger partial charge < -0.3 is 23.7 Å². The van der Waals surface area contributed by atoms with Crippen molar-refractivity contribution in [3.05, 3.63) is 47.6 Å². The van der Waals surface area contributed by atoms with E-state index in [-0.39, 0.29) is 41.8 Å². The van der Waals surface area contributed by atoms with Crippen molar-refractivity contribution in [2.75, 3.05) is 13.2 Å². The van der Waals surface area contributed by atoms with Gasteiger partial charge >= 0.3 is 5.97 Å². The molecule has 0 aromatic rings. The average molecular weight is 677 g/mol. The predicted molar refractivity (Wildman–Crippen MR) is 197 cm³/mol. The molecule has 0 unspecified atom stereocenters. The molecule has 0 aliphatic carbocycles. The van der Waals surface area contributed by atoms with E-state index in [9.17, 15) is 9.90 Å². The van der Waals surface area contributed by atoms with Crippen LogP contribution in [0.25, 0.3) is 0 Å². The van der Waals surface area contributed by atoms with Gasteiger partial charge in [-0.1, -0.05) is 97.1 Å². The Kier molecular flexibility index (Phi) is 15.5. The lowest BCUT2D eigenvalue weighted by atomic mass is 9.83. The molecule has 0 aromatic carbocycles. The number of allylic oxidation sites excluding steroid dienone is 4. The second-order valence-corrected chi connectivity index (χ2v) is 27.3. The van der Waals surface area contributed by atoms with Gasteiger partial charge in [0.15, 0.2) is 14.1 Å². The van der Waals surface area contributed by atoms with Crippen LogP contribution in [0.4, 0.5) is 0 Å². The van der Waals surface area contributed by atoms with Gasteiger partial charge in [-0.2, -0.15) is 0 Å². The molecule has 2 saturated heterocycles. The number of carbonyl (C=O) groups excluding carboxylic acids is 1.